The number of nitrogens with two attached hydrogens (primary N) is 1. The van der Waals surface area contributed by atoms with Crippen LogP contribution in [0.1, 0.15) is 59.2 Å². The number of primary amides is 1. The fourth-order valence-corrected chi connectivity index (χ4v) is 5.28. The van der Waals surface area contributed by atoms with Gasteiger partial charge in [-0.25, -0.2) is 9.50 Å². The second-order valence-corrected chi connectivity index (χ2v) is 16.2. The molecule has 0 saturated carbocycles. The summed E-state index contributed by atoms with van der Waals surface area (Å²) in [6.45, 7) is 14.4. The van der Waals surface area contributed by atoms with Crippen LogP contribution in [-0.2, 0) is 28.4 Å². The summed E-state index contributed by atoms with van der Waals surface area (Å²) in [6, 6.07) is 5.77. The third-order valence-electron chi connectivity index (χ3n) is 7.83. The molecule has 0 atom stereocenters. The number of benzene rings is 1. The van der Waals surface area contributed by atoms with Crippen molar-refractivity contribution in [3.05, 3.63) is 57.9 Å². The molecule has 2 N–H and O–H groups in total. The Morgan fingerprint density at radius 3 is 2.44 bits per heavy atom. The van der Waals surface area contributed by atoms with E-state index < -0.39 is 26.0 Å². The number of halogens is 3. The summed E-state index contributed by atoms with van der Waals surface area (Å²) in [5, 5.41) is 4.74. The molecule has 1 amide bonds. The molecule has 8 nitrogen and oxygen atoms in total. The van der Waals surface area contributed by atoms with E-state index in [0.717, 1.165) is 6.07 Å². The molecule has 1 aromatic carbocycles. The van der Waals surface area contributed by atoms with Crippen LogP contribution in [0.5, 0.6) is 0 Å². The second-order valence-electron chi connectivity index (χ2n) is 11.4. The van der Waals surface area contributed by atoms with E-state index in [0.29, 0.717) is 49.1 Å². The number of nitrogens with zero attached hydrogens (tertiary/aromatic N) is 4. The molecule has 2 aromatic heterocycles. The van der Waals surface area contributed by atoms with Crippen LogP contribution >= 0.6 is 0 Å². The number of fused-ring (bicyclic) bond motifs is 1. The lowest BCUT2D eigenvalue weighted by molar-refractivity contribution is -0.138. The largest absolute Gasteiger partial charge is 0.416 e. The van der Waals surface area contributed by atoms with Crippen molar-refractivity contribution in [3.63, 3.8) is 0 Å². The van der Waals surface area contributed by atoms with Crippen molar-refractivity contribution >= 4 is 25.7 Å². The zero-order chi connectivity index (χ0) is 28.8. The van der Waals surface area contributed by atoms with Gasteiger partial charge in [-0.05, 0) is 48.3 Å². The molecular formula is C27H36F3N5O3Si. The molecule has 12 heteroatoms. The van der Waals surface area contributed by atoms with Gasteiger partial charge < -0.3 is 19.8 Å². The molecule has 4 rings (SSSR count). The van der Waals surface area contributed by atoms with E-state index >= 15 is 0 Å². The average Bonchev–Trinajstić information content (AvgIpc) is 3.19. The van der Waals surface area contributed by atoms with Crippen LogP contribution in [0.25, 0.3) is 5.65 Å². The van der Waals surface area contributed by atoms with E-state index in [1.54, 1.807) is 16.6 Å². The highest BCUT2D eigenvalue weighted by Crippen LogP contribution is 2.38. The first-order chi connectivity index (χ1) is 18.1. The third-order valence-corrected chi connectivity index (χ3v) is 12.3. The number of hydrogen-bond acceptors (Lipinski definition) is 6. The summed E-state index contributed by atoms with van der Waals surface area (Å²) in [7, 11) is -2.20. The average molecular weight is 564 g/mol. The molecule has 3 heterocycles. The predicted molar refractivity (Wildman–Crippen MR) is 146 cm³/mol. The number of imidazole rings is 1. The van der Waals surface area contributed by atoms with E-state index in [1.807, 2.05) is 4.90 Å². The highest BCUT2D eigenvalue weighted by molar-refractivity contribution is 6.74. The zero-order valence-corrected chi connectivity index (χ0v) is 24.3. The van der Waals surface area contributed by atoms with Crippen LogP contribution in [0.2, 0.25) is 18.1 Å². The van der Waals surface area contributed by atoms with Crippen molar-refractivity contribution in [3.8, 4) is 0 Å². The molecule has 0 bridgehead atoms. The molecule has 0 radical (unpaired) electrons. The zero-order valence-electron chi connectivity index (χ0n) is 23.3. The van der Waals surface area contributed by atoms with Crippen LogP contribution in [0, 0.1) is 6.92 Å². The first kappa shape index (κ1) is 29.0. The summed E-state index contributed by atoms with van der Waals surface area (Å²) in [5.41, 5.74) is 7.23. The van der Waals surface area contributed by atoms with E-state index in [4.69, 9.17) is 25.0 Å². The number of anilines is 1. The Hall–Kier alpha value is -2.96. The maximum absolute atomic E-state index is 13.7. The fourth-order valence-electron chi connectivity index (χ4n) is 4.35. The smallest absolute Gasteiger partial charge is 0.411 e. The van der Waals surface area contributed by atoms with Gasteiger partial charge in [0.1, 0.15) is 0 Å². The SMILES string of the molecule is Cc1c(Cc2c(CO[Si](C)(C)C(C)(C)C)nc3c(C(N)=O)cc(N4CCOCC4)nn23)cccc1C(F)(F)F. The minimum absolute atomic E-state index is 0.0654. The number of ether oxygens (including phenoxy) is 1. The third kappa shape index (κ3) is 5.97. The molecule has 39 heavy (non-hydrogen) atoms. The minimum Gasteiger partial charge on any atom is -0.411 e. The van der Waals surface area contributed by atoms with Crippen molar-refractivity contribution in [1.29, 1.82) is 0 Å². The molecule has 1 saturated heterocycles. The lowest BCUT2D eigenvalue weighted by Gasteiger charge is -2.36. The van der Waals surface area contributed by atoms with E-state index in [1.165, 1.54) is 13.0 Å². The topological polar surface area (TPSA) is 95.0 Å². The summed E-state index contributed by atoms with van der Waals surface area (Å²) in [6.07, 6.45) is -4.36. The maximum Gasteiger partial charge on any atom is 0.416 e. The number of alkyl halides is 3. The number of carbonyl (C=O) groups is 1. The normalized spacial score (nSPS) is 15.3. The standard InChI is InChI=1S/C27H36F3N5O3Si/c1-17-18(8-7-9-20(17)27(28,29)30)14-22-21(16-38-39(5,6)26(2,3)4)32-25-19(24(31)36)15-23(33-35(22)25)34-10-12-37-13-11-34/h7-9,15H,10-14,16H2,1-6H3,(H2,31,36). The molecule has 1 aliphatic rings. The van der Waals surface area contributed by atoms with Gasteiger partial charge in [0.05, 0.1) is 42.3 Å². The predicted octanol–water partition coefficient (Wildman–Crippen LogP) is 5.10. The molecule has 0 unspecified atom stereocenters. The van der Waals surface area contributed by atoms with Gasteiger partial charge in [-0.1, -0.05) is 32.9 Å². The molecular weight excluding hydrogens is 527 g/mol. The van der Waals surface area contributed by atoms with Crippen LogP contribution in [0.4, 0.5) is 19.0 Å². The Bertz CT molecular complexity index is 1380. The highest BCUT2D eigenvalue weighted by atomic mass is 28.4. The van der Waals surface area contributed by atoms with Crippen molar-refractivity contribution < 1.29 is 27.1 Å². The number of rotatable bonds is 7. The van der Waals surface area contributed by atoms with Crippen molar-refractivity contribution in [1.82, 2.24) is 14.6 Å². The van der Waals surface area contributed by atoms with E-state index in [9.17, 15) is 18.0 Å². The Kier molecular flexibility index (Phi) is 7.85. The lowest BCUT2D eigenvalue weighted by atomic mass is 9.98. The van der Waals surface area contributed by atoms with E-state index in [-0.39, 0.29) is 34.8 Å². The summed E-state index contributed by atoms with van der Waals surface area (Å²) in [5.74, 6) is -0.142. The van der Waals surface area contributed by atoms with Crippen LogP contribution in [-0.4, -0.2) is 55.1 Å². The summed E-state index contributed by atoms with van der Waals surface area (Å²) in [4.78, 5) is 19.3. The Balaban J connectivity index is 1.89. The first-order valence-corrected chi connectivity index (χ1v) is 15.8. The van der Waals surface area contributed by atoms with E-state index in [2.05, 4.69) is 33.9 Å². The van der Waals surface area contributed by atoms with Gasteiger partial charge in [-0.15, -0.1) is 5.10 Å². The van der Waals surface area contributed by atoms with Crippen LogP contribution in [0.15, 0.2) is 24.3 Å². The lowest BCUT2D eigenvalue weighted by Crippen LogP contribution is -2.40. The summed E-state index contributed by atoms with van der Waals surface area (Å²) >= 11 is 0. The minimum atomic E-state index is -4.48. The Labute approximate surface area is 227 Å². The van der Waals surface area contributed by atoms with Gasteiger partial charge in [0.25, 0.3) is 5.91 Å². The number of hydrogen-bond donors (Lipinski definition) is 1. The quantitative estimate of drug-likeness (QED) is 0.402. The molecule has 0 spiro atoms. The molecule has 1 fully saturated rings. The Morgan fingerprint density at radius 2 is 1.85 bits per heavy atom. The number of morpholine rings is 1. The summed E-state index contributed by atoms with van der Waals surface area (Å²) < 4.78 is 54.5. The van der Waals surface area contributed by atoms with Gasteiger partial charge in [-0.3, -0.25) is 4.79 Å². The molecule has 1 aliphatic heterocycles. The second kappa shape index (κ2) is 10.5. The molecule has 3 aromatic rings. The fraction of sp³-hybridized carbons (Fsp3) is 0.519. The van der Waals surface area contributed by atoms with Crippen molar-refractivity contribution in [2.24, 2.45) is 5.73 Å². The van der Waals surface area contributed by atoms with Crippen molar-refractivity contribution in [2.75, 3.05) is 31.2 Å². The maximum atomic E-state index is 13.7. The van der Waals surface area contributed by atoms with Gasteiger partial charge in [0, 0.05) is 19.5 Å². The van der Waals surface area contributed by atoms with Gasteiger partial charge in [0.2, 0.25) is 0 Å². The molecule has 0 aliphatic carbocycles. The van der Waals surface area contributed by atoms with Gasteiger partial charge in [0.15, 0.2) is 19.8 Å². The number of aromatic nitrogens is 3. The van der Waals surface area contributed by atoms with Gasteiger partial charge in [-0.2, -0.15) is 13.2 Å². The van der Waals surface area contributed by atoms with Crippen LogP contribution in [0.3, 0.4) is 0 Å². The number of carbonyl (C=O) groups excluding carboxylic acids is 1. The highest BCUT2D eigenvalue weighted by Gasteiger charge is 2.38. The van der Waals surface area contributed by atoms with Crippen LogP contribution < -0.4 is 10.6 Å². The van der Waals surface area contributed by atoms with Gasteiger partial charge >= 0.3 is 6.18 Å². The Morgan fingerprint density at radius 1 is 1.18 bits per heavy atom. The van der Waals surface area contributed by atoms with Crippen molar-refractivity contribution in [2.45, 2.75) is 65.0 Å². The first-order valence-electron chi connectivity index (χ1n) is 12.9. The molecule has 212 valence electrons. The number of amides is 1. The monoisotopic (exact) mass is 563 g/mol.